The van der Waals surface area contributed by atoms with Gasteiger partial charge in [-0.25, -0.2) is 0 Å². The van der Waals surface area contributed by atoms with Gasteiger partial charge in [-0.05, 0) is 31.2 Å². The first-order valence-electron chi connectivity index (χ1n) is 7.41. The van der Waals surface area contributed by atoms with Gasteiger partial charge in [-0.15, -0.1) is 0 Å². The van der Waals surface area contributed by atoms with Gasteiger partial charge in [-0.2, -0.15) is 0 Å². The molecule has 0 unspecified atom stereocenters. The van der Waals surface area contributed by atoms with Crippen LogP contribution in [0.3, 0.4) is 0 Å². The molecular weight excluding hydrogens is 258 g/mol. The SMILES string of the molecule is C[C@H]1[C@H](c2ccccc2)O[C@H](/C=C/c2ccccc2)N1C. The summed E-state index contributed by atoms with van der Waals surface area (Å²) >= 11 is 0. The van der Waals surface area contributed by atoms with Crippen molar-refractivity contribution in [3.05, 3.63) is 77.9 Å². The Morgan fingerprint density at radius 1 is 0.952 bits per heavy atom. The normalized spacial score (nSPS) is 26.5. The van der Waals surface area contributed by atoms with Crippen molar-refractivity contribution < 1.29 is 4.74 Å². The van der Waals surface area contributed by atoms with Gasteiger partial charge in [0.2, 0.25) is 0 Å². The van der Waals surface area contributed by atoms with Gasteiger partial charge >= 0.3 is 0 Å². The molecule has 2 aromatic carbocycles. The van der Waals surface area contributed by atoms with Crippen molar-refractivity contribution in [1.82, 2.24) is 4.90 Å². The molecule has 108 valence electrons. The van der Waals surface area contributed by atoms with Crippen LogP contribution in [0.5, 0.6) is 0 Å². The van der Waals surface area contributed by atoms with E-state index in [-0.39, 0.29) is 12.3 Å². The maximum atomic E-state index is 6.23. The maximum Gasteiger partial charge on any atom is 0.131 e. The van der Waals surface area contributed by atoms with Crippen LogP contribution in [0.25, 0.3) is 6.08 Å². The number of benzene rings is 2. The van der Waals surface area contributed by atoms with Gasteiger partial charge in [0.15, 0.2) is 0 Å². The Balaban J connectivity index is 1.75. The topological polar surface area (TPSA) is 12.5 Å². The highest BCUT2D eigenvalue weighted by Crippen LogP contribution is 2.34. The molecule has 0 radical (unpaired) electrons. The van der Waals surface area contributed by atoms with Crippen LogP contribution in [0.2, 0.25) is 0 Å². The molecule has 0 saturated carbocycles. The van der Waals surface area contributed by atoms with Crippen molar-refractivity contribution in [2.45, 2.75) is 25.3 Å². The molecule has 2 nitrogen and oxygen atoms in total. The highest BCUT2D eigenvalue weighted by Gasteiger charge is 2.36. The number of ether oxygens (including phenoxy) is 1. The number of likely N-dealkylation sites (N-methyl/N-ethyl adjacent to an activating group) is 1. The van der Waals surface area contributed by atoms with E-state index in [2.05, 4.69) is 67.4 Å². The lowest BCUT2D eigenvalue weighted by molar-refractivity contribution is 0.0412. The van der Waals surface area contributed by atoms with Crippen LogP contribution in [0.1, 0.15) is 24.2 Å². The Hall–Kier alpha value is -1.90. The van der Waals surface area contributed by atoms with E-state index in [1.807, 2.05) is 24.3 Å². The average Bonchev–Trinajstić information content (AvgIpc) is 2.83. The largest absolute Gasteiger partial charge is 0.350 e. The molecule has 1 heterocycles. The summed E-state index contributed by atoms with van der Waals surface area (Å²) < 4.78 is 6.23. The molecule has 0 aromatic heterocycles. The Morgan fingerprint density at radius 2 is 1.57 bits per heavy atom. The minimum absolute atomic E-state index is 0.0189. The lowest BCUT2D eigenvalue weighted by atomic mass is 10.0. The van der Waals surface area contributed by atoms with Crippen molar-refractivity contribution in [1.29, 1.82) is 0 Å². The molecule has 0 N–H and O–H groups in total. The monoisotopic (exact) mass is 279 g/mol. The molecule has 3 rings (SSSR count). The van der Waals surface area contributed by atoms with Crippen molar-refractivity contribution in [3.63, 3.8) is 0 Å². The van der Waals surface area contributed by atoms with Crippen molar-refractivity contribution in [2.24, 2.45) is 0 Å². The van der Waals surface area contributed by atoms with E-state index in [9.17, 15) is 0 Å². The molecule has 1 fully saturated rings. The third kappa shape index (κ3) is 3.07. The van der Waals surface area contributed by atoms with Gasteiger partial charge < -0.3 is 4.74 Å². The summed E-state index contributed by atoms with van der Waals surface area (Å²) in [6.07, 6.45) is 4.41. The van der Waals surface area contributed by atoms with E-state index in [1.54, 1.807) is 0 Å². The number of nitrogens with zero attached hydrogens (tertiary/aromatic N) is 1. The van der Waals surface area contributed by atoms with Crippen LogP contribution in [-0.2, 0) is 4.74 Å². The van der Waals surface area contributed by atoms with Gasteiger partial charge in [0, 0.05) is 6.04 Å². The lowest BCUT2D eigenvalue weighted by Gasteiger charge is -2.19. The zero-order chi connectivity index (χ0) is 14.7. The summed E-state index contributed by atoms with van der Waals surface area (Å²) in [4.78, 5) is 2.27. The second kappa shape index (κ2) is 6.25. The summed E-state index contributed by atoms with van der Waals surface area (Å²) in [5.74, 6) is 0. The van der Waals surface area contributed by atoms with Gasteiger partial charge in [-0.3, -0.25) is 4.90 Å². The van der Waals surface area contributed by atoms with E-state index in [0.29, 0.717) is 6.04 Å². The third-order valence-electron chi connectivity index (χ3n) is 4.15. The Bertz CT molecular complexity index is 593. The van der Waals surface area contributed by atoms with Gasteiger partial charge in [0.05, 0.1) is 0 Å². The molecule has 2 heteroatoms. The van der Waals surface area contributed by atoms with Crippen LogP contribution in [-0.4, -0.2) is 24.2 Å². The number of rotatable bonds is 3. The van der Waals surface area contributed by atoms with E-state index in [1.165, 1.54) is 11.1 Å². The highest BCUT2D eigenvalue weighted by atomic mass is 16.5. The summed E-state index contributed by atoms with van der Waals surface area (Å²) in [7, 11) is 2.12. The predicted molar refractivity (Wildman–Crippen MR) is 86.8 cm³/mol. The first-order valence-corrected chi connectivity index (χ1v) is 7.41. The Labute approximate surface area is 126 Å². The summed E-state index contributed by atoms with van der Waals surface area (Å²) in [6.45, 7) is 2.22. The summed E-state index contributed by atoms with van der Waals surface area (Å²) in [5, 5.41) is 0. The standard InChI is InChI=1S/C19H21NO/c1-15-19(17-11-7-4-8-12-17)21-18(20(15)2)14-13-16-9-5-3-6-10-16/h3-15,18-19H,1-2H3/b14-13+/t15-,18+,19+/m0/s1. The zero-order valence-corrected chi connectivity index (χ0v) is 12.5. The third-order valence-corrected chi connectivity index (χ3v) is 4.15. The molecule has 1 aliphatic rings. The molecule has 0 bridgehead atoms. The maximum absolute atomic E-state index is 6.23. The first kappa shape index (κ1) is 14.1. The molecular formula is C19H21NO. The summed E-state index contributed by atoms with van der Waals surface area (Å²) in [6, 6.07) is 21.1. The smallest absolute Gasteiger partial charge is 0.131 e. The van der Waals surface area contributed by atoms with Crippen molar-refractivity contribution in [3.8, 4) is 0 Å². The van der Waals surface area contributed by atoms with Crippen LogP contribution in [0.15, 0.2) is 66.7 Å². The van der Waals surface area contributed by atoms with Crippen LogP contribution in [0, 0.1) is 0 Å². The fourth-order valence-electron chi connectivity index (χ4n) is 2.74. The fourth-order valence-corrected chi connectivity index (χ4v) is 2.74. The lowest BCUT2D eigenvalue weighted by Crippen LogP contribution is -2.30. The zero-order valence-electron chi connectivity index (χ0n) is 12.5. The second-order valence-electron chi connectivity index (χ2n) is 5.53. The molecule has 1 aliphatic heterocycles. The molecule has 2 aromatic rings. The van der Waals surface area contributed by atoms with Gasteiger partial charge in [0.1, 0.15) is 12.3 Å². The first-order chi connectivity index (χ1) is 10.3. The van der Waals surface area contributed by atoms with Crippen molar-refractivity contribution >= 4 is 6.08 Å². The molecule has 3 atom stereocenters. The second-order valence-corrected chi connectivity index (χ2v) is 5.53. The van der Waals surface area contributed by atoms with Crippen LogP contribution < -0.4 is 0 Å². The van der Waals surface area contributed by atoms with Crippen molar-refractivity contribution in [2.75, 3.05) is 7.05 Å². The molecule has 21 heavy (non-hydrogen) atoms. The number of hydrogen-bond donors (Lipinski definition) is 0. The van der Waals surface area contributed by atoms with Gasteiger partial charge in [0.25, 0.3) is 0 Å². The Morgan fingerprint density at radius 3 is 2.24 bits per heavy atom. The van der Waals surface area contributed by atoms with Gasteiger partial charge in [-0.1, -0.05) is 66.7 Å². The predicted octanol–water partition coefficient (Wildman–Crippen LogP) is 4.12. The minimum atomic E-state index is 0.0189. The summed E-state index contributed by atoms with van der Waals surface area (Å²) in [5.41, 5.74) is 2.44. The minimum Gasteiger partial charge on any atom is -0.350 e. The van der Waals surface area contributed by atoms with Crippen LogP contribution >= 0.6 is 0 Å². The van der Waals surface area contributed by atoms with E-state index < -0.39 is 0 Å². The number of hydrogen-bond acceptors (Lipinski definition) is 2. The quantitative estimate of drug-likeness (QED) is 0.838. The van der Waals surface area contributed by atoms with E-state index in [4.69, 9.17) is 4.74 Å². The average molecular weight is 279 g/mol. The molecule has 1 saturated heterocycles. The van der Waals surface area contributed by atoms with E-state index >= 15 is 0 Å². The Kier molecular flexibility index (Phi) is 4.18. The molecule has 0 amide bonds. The van der Waals surface area contributed by atoms with E-state index in [0.717, 1.165) is 0 Å². The molecule has 0 spiro atoms. The fraction of sp³-hybridized carbons (Fsp3) is 0.263. The molecule has 0 aliphatic carbocycles. The van der Waals surface area contributed by atoms with Crippen LogP contribution in [0.4, 0.5) is 0 Å². The highest BCUT2D eigenvalue weighted by molar-refractivity contribution is 5.49.